The second-order valence-corrected chi connectivity index (χ2v) is 6.48. The van der Waals surface area contributed by atoms with Gasteiger partial charge in [0.25, 0.3) is 0 Å². The molecule has 0 saturated heterocycles. The summed E-state index contributed by atoms with van der Waals surface area (Å²) >= 11 is 0. The highest BCUT2D eigenvalue weighted by molar-refractivity contribution is 6.06. The van der Waals surface area contributed by atoms with Crippen molar-refractivity contribution in [2.75, 3.05) is 19.0 Å². The van der Waals surface area contributed by atoms with E-state index >= 15 is 0 Å². The SMILES string of the molecule is COc1ccc(OCCCC(=O)Nc2ccc3oc4ccccc4c3c2)cc1. The number of carbonyl (C=O) groups is 1. The number of fused-ring (bicyclic) bond motifs is 3. The van der Waals surface area contributed by atoms with Crippen LogP contribution in [0.5, 0.6) is 11.5 Å². The zero-order valence-corrected chi connectivity index (χ0v) is 15.6. The van der Waals surface area contributed by atoms with E-state index in [1.165, 1.54) is 0 Å². The molecule has 5 heteroatoms. The summed E-state index contributed by atoms with van der Waals surface area (Å²) in [5.41, 5.74) is 2.42. The van der Waals surface area contributed by atoms with Crippen molar-refractivity contribution < 1.29 is 18.7 Å². The molecule has 0 bridgehead atoms. The molecule has 1 heterocycles. The maximum absolute atomic E-state index is 12.2. The van der Waals surface area contributed by atoms with Crippen LogP contribution < -0.4 is 14.8 Å². The molecule has 142 valence electrons. The highest BCUT2D eigenvalue weighted by atomic mass is 16.5. The lowest BCUT2D eigenvalue weighted by Crippen LogP contribution is -2.12. The quantitative estimate of drug-likeness (QED) is 0.440. The van der Waals surface area contributed by atoms with Gasteiger partial charge in [-0.15, -0.1) is 0 Å². The summed E-state index contributed by atoms with van der Waals surface area (Å²) in [4.78, 5) is 12.2. The Balaban J connectivity index is 1.31. The van der Waals surface area contributed by atoms with Crippen LogP contribution in [-0.2, 0) is 4.79 Å². The Morgan fingerprint density at radius 1 is 0.929 bits per heavy atom. The number of hydrogen-bond acceptors (Lipinski definition) is 4. The van der Waals surface area contributed by atoms with Gasteiger partial charge in [-0.3, -0.25) is 4.79 Å². The smallest absolute Gasteiger partial charge is 0.224 e. The molecule has 4 aromatic rings. The number of carbonyl (C=O) groups excluding carboxylic acids is 1. The fraction of sp³-hybridized carbons (Fsp3) is 0.174. The predicted octanol–water partition coefficient (Wildman–Crippen LogP) is 5.39. The molecule has 0 unspecified atom stereocenters. The van der Waals surface area contributed by atoms with Crippen molar-refractivity contribution in [1.29, 1.82) is 0 Å². The Kier molecular flexibility index (Phi) is 5.15. The molecule has 0 aliphatic rings. The van der Waals surface area contributed by atoms with Gasteiger partial charge in [-0.05, 0) is 55.0 Å². The molecule has 28 heavy (non-hydrogen) atoms. The highest BCUT2D eigenvalue weighted by Crippen LogP contribution is 2.30. The number of nitrogens with one attached hydrogen (secondary N) is 1. The van der Waals surface area contributed by atoms with Gasteiger partial charge in [0.15, 0.2) is 0 Å². The number of rotatable bonds is 7. The van der Waals surface area contributed by atoms with E-state index in [0.717, 1.165) is 39.1 Å². The van der Waals surface area contributed by atoms with Gasteiger partial charge in [0.2, 0.25) is 5.91 Å². The second-order valence-electron chi connectivity index (χ2n) is 6.48. The van der Waals surface area contributed by atoms with Gasteiger partial charge in [-0.25, -0.2) is 0 Å². The number of furan rings is 1. The number of methoxy groups -OCH3 is 1. The van der Waals surface area contributed by atoms with Gasteiger partial charge < -0.3 is 19.2 Å². The van der Waals surface area contributed by atoms with Crippen molar-refractivity contribution in [2.24, 2.45) is 0 Å². The summed E-state index contributed by atoms with van der Waals surface area (Å²) in [5.74, 6) is 1.51. The standard InChI is InChI=1S/C23H21NO4/c1-26-17-9-11-18(12-10-17)27-14-4-7-23(25)24-16-8-13-22-20(15-16)19-5-2-3-6-21(19)28-22/h2-3,5-6,8-13,15H,4,7,14H2,1H3,(H,24,25). The van der Waals surface area contributed by atoms with Crippen molar-refractivity contribution in [2.45, 2.75) is 12.8 Å². The van der Waals surface area contributed by atoms with Crippen molar-refractivity contribution in [3.05, 3.63) is 66.7 Å². The van der Waals surface area contributed by atoms with Crippen LogP contribution in [0.25, 0.3) is 21.9 Å². The van der Waals surface area contributed by atoms with Gasteiger partial charge in [0.05, 0.1) is 13.7 Å². The number of anilines is 1. The lowest BCUT2D eigenvalue weighted by molar-refractivity contribution is -0.116. The van der Waals surface area contributed by atoms with Crippen LogP contribution >= 0.6 is 0 Å². The first-order valence-corrected chi connectivity index (χ1v) is 9.21. The van der Waals surface area contributed by atoms with E-state index in [2.05, 4.69) is 5.32 Å². The van der Waals surface area contributed by atoms with Crippen LogP contribution in [-0.4, -0.2) is 19.6 Å². The first-order chi connectivity index (χ1) is 13.7. The molecule has 0 atom stereocenters. The largest absolute Gasteiger partial charge is 0.497 e. The Morgan fingerprint density at radius 2 is 1.68 bits per heavy atom. The summed E-state index contributed by atoms with van der Waals surface area (Å²) in [6.45, 7) is 0.477. The normalized spacial score (nSPS) is 10.9. The summed E-state index contributed by atoms with van der Waals surface area (Å²) in [5, 5.41) is 4.99. The molecule has 1 N–H and O–H groups in total. The van der Waals surface area contributed by atoms with Gasteiger partial charge in [-0.2, -0.15) is 0 Å². The first kappa shape index (κ1) is 17.9. The van der Waals surface area contributed by atoms with Gasteiger partial charge in [0, 0.05) is 22.9 Å². The van der Waals surface area contributed by atoms with Gasteiger partial charge in [-0.1, -0.05) is 18.2 Å². The van der Waals surface area contributed by atoms with Crippen molar-refractivity contribution >= 4 is 33.5 Å². The summed E-state index contributed by atoms with van der Waals surface area (Å²) < 4.78 is 16.6. The minimum atomic E-state index is -0.0366. The second kappa shape index (κ2) is 8.05. The van der Waals surface area contributed by atoms with E-state index in [1.54, 1.807) is 7.11 Å². The average molecular weight is 375 g/mol. The minimum absolute atomic E-state index is 0.0366. The van der Waals surface area contributed by atoms with Crippen LogP contribution in [0.2, 0.25) is 0 Å². The average Bonchev–Trinajstić information content (AvgIpc) is 3.10. The number of amides is 1. The fourth-order valence-corrected chi connectivity index (χ4v) is 3.12. The molecule has 0 radical (unpaired) electrons. The Hall–Kier alpha value is -3.47. The molecule has 0 aliphatic carbocycles. The van der Waals surface area contributed by atoms with Crippen LogP contribution in [0, 0.1) is 0 Å². The molecule has 1 amide bonds. The van der Waals surface area contributed by atoms with Crippen LogP contribution in [0.3, 0.4) is 0 Å². The third-order valence-electron chi connectivity index (χ3n) is 4.54. The molecule has 0 spiro atoms. The van der Waals surface area contributed by atoms with Gasteiger partial charge >= 0.3 is 0 Å². The summed E-state index contributed by atoms with van der Waals surface area (Å²) in [6.07, 6.45) is 1.02. The predicted molar refractivity (Wildman–Crippen MR) is 110 cm³/mol. The molecular formula is C23H21NO4. The Labute approximate surface area is 162 Å². The van der Waals surface area contributed by atoms with Crippen molar-refractivity contribution in [1.82, 2.24) is 0 Å². The maximum Gasteiger partial charge on any atom is 0.224 e. The lowest BCUT2D eigenvalue weighted by Gasteiger charge is -2.08. The molecule has 3 aromatic carbocycles. The van der Waals surface area contributed by atoms with E-state index in [1.807, 2.05) is 66.7 Å². The Morgan fingerprint density at radius 3 is 2.50 bits per heavy atom. The number of ether oxygens (including phenoxy) is 2. The van der Waals surface area contributed by atoms with E-state index in [-0.39, 0.29) is 5.91 Å². The topological polar surface area (TPSA) is 60.7 Å². The number of para-hydroxylation sites is 1. The van der Waals surface area contributed by atoms with E-state index < -0.39 is 0 Å². The first-order valence-electron chi connectivity index (χ1n) is 9.21. The van der Waals surface area contributed by atoms with Crippen LogP contribution in [0.4, 0.5) is 5.69 Å². The van der Waals surface area contributed by atoms with Crippen LogP contribution in [0.1, 0.15) is 12.8 Å². The summed E-state index contributed by atoms with van der Waals surface area (Å²) in [7, 11) is 1.63. The van der Waals surface area contributed by atoms with E-state index in [0.29, 0.717) is 19.4 Å². The molecule has 1 aromatic heterocycles. The third-order valence-corrected chi connectivity index (χ3v) is 4.54. The molecular weight excluding hydrogens is 354 g/mol. The monoisotopic (exact) mass is 375 g/mol. The highest BCUT2D eigenvalue weighted by Gasteiger charge is 2.08. The molecule has 0 saturated carbocycles. The lowest BCUT2D eigenvalue weighted by atomic mass is 10.1. The number of hydrogen-bond donors (Lipinski definition) is 1. The van der Waals surface area contributed by atoms with Gasteiger partial charge in [0.1, 0.15) is 22.7 Å². The molecule has 5 nitrogen and oxygen atoms in total. The van der Waals surface area contributed by atoms with Crippen LogP contribution in [0.15, 0.2) is 71.1 Å². The van der Waals surface area contributed by atoms with Crippen molar-refractivity contribution in [3.63, 3.8) is 0 Å². The molecule has 0 fully saturated rings. The molecule has 4 rings (SSSR count). The van der Waals surface area contributed by atoms with E-state index in [4.69, 9.17) is 13.9 Å². The zero-order chi connectivity index (χ0) is 19.3. The Bertz CT molecular complexity index is 1100. The summed E-state index contributed by atoms with van der Waals surface area (Å²) in [6, 6.07) is 21.0. The van der Waals surface area contributed by atoms with E-state index in [9.17, 15) is 4.79 Å². The maximum atomic E-state index is 12.2. The third kappa shape index (κ3) is 3.93. The minimum Gasteiger partial charge on any atom is -0.497 e. The molecule has 0 aliphatic heterocycles. The van der Waals surface area contributed by atoms with Crippen molar-refractivity contribution in [3.8, 4) is 11.5 Å². The fourth-order valence-electron chi connectivity index (χ4n) is 3.12. The zero-order valence-electron chi connectivity index (χ0n) is 15.6. The number of benzene rings is 3.